The average molecular weight is 876 g/mol. The number of aryl methyl sites for hydroxylation is 2. The Bertz CT molecular complexity index is 2440. The number of H-pyrrole nitrogens is 1. The van der Waals surface area contributed by atoms with Crippen molar-refractivity contribution < 1.29 is 42.9 Å². The number of aromatic nitrogens is 1. The minimum absolute atomic E-state index is 0.00174. The maximum Gasteiger partial charge on any atom is 0.264 e. The Hall–Kier alpha value is -6.16. The molecule has 3 N–H and O–H groups in total. The molecular formula is C49H57N5O10. The topological polar surface area (TPSA) is 186 Å². The number of rotatable bonds is 20. The summed E-state index contributed by atoms with van der Waals surface area (Å²) in [6.07, 6.45) is 2.56. The van der Waals surface area contributed by atoms with E-state index in [1.807, 2.05) is 57.2 Å². The first kappa shape index (κ1) is 45.9. The van der Waals surface area contributed by atoms with Crippen LogP contribution < -0.4 is 25.8 Å². The average Bonchev–Trinajstić information content (AvgIpc) is 3.54. The molecule has 3 aliphatic heterocycles. The van der Waals surface area contributed by atoms with E-state index in [0.29, 0.717) is 87.8 Å². The number of amides is 4. The first-order valence-electron chi connectivity index (χ1n) is 22.1. The second-order valence-corrected chi connectivity index (χ2v) is 16.4. The van der Waals surface area contributed by atoms with Gasteiger partial charge in [0.25, 0.3) is 17.4 Å². The van der Waals surface area contributed by atoms with Gasteiger partial charge >= 0.3 is 0 Å². The van der Waals surface area contributed by atoms with Crippen molar-refractivity contribution in [2.45, 2.75) is 78.3 Å². The van der Waals surface area contributed by atoms with Crippen LogP contribution in [-0.2, 0) is 30.2 Å². The van der Waals surface area contributed by atoms with E-state index in [4.69, 9.17) is 18.9 Å². The Morgan fingerprint density at radius 2 is 1.59 bits per heavy atom. The Labute approximate surface area is 372 Å². The molecule has 64 heavy (non-hydrogen) atoms. The molecule has 0 bridgehead atoms. The highest BCUT2D eigenvalue weighted by Gasteiger charge is 2.45. The predicted octanol–water partition coefficient (Wildman–Crippen LogP) is 5.71. The van der Waals surface area contributed by atoms with Crippen LogP contribution in [0.25, 0.3) is 11.1 Å². The number of carbonyl (C=O) groups is 5. The number of Topliss-reactive ketones (excluding diaryl/α,β-unsaturated/α-hetero) is 1. The van der Waals surface area contributed by atoms with Crippen molar-refractivity contribution in [3.8, 4) is 16.9 Å². The maximum atomic E-state index is 14.0. The van der Waals surface area contributed by atoms with Gasteiger partial charge in [-0.15, -0.1) is 0 Å². The van der Waals surface area contributed by atoms with E-state index in [2.05, 4.69) is 33.5 Å². The molecule has 7 rings (SSSR count). The van der Waals surface area contributed by atoms with Crippen LogP contribution in [0.2, 0.25) is 0 Å². The van der Waals surface area contributed by atoms with Gasteiger partial charge in [0.15, 0.2) is 5.78 Å². The Morgan fingerprint density at radius 3 is 2.31 bits per heavy atom. The SMILES string of the molecule is CCN(c1cc(-c2ccc(OCCOCCOCCNc3cccc4c3C(=O)N(C3CCC(=O)NC3=O)C4=O)cc2)cc(C(=O)CCc2c(C)cc(C)[nH]c2=O)c1C)C1CCOCC1. The van der Waals surface area contributed by atoms with Crippen LogP contribution in [0.15, 0.2) is 65.5 Å². The summed E-state index contributed by atoms with van der Waals surface area (Å²) in [6, 6.07) is 18.1. The number of anilines is 2. The van der Waals surface area contributed by atoms with Gasteiger partial charge in [0.05, 0.1) is 37.6 Å². The number of piperidine rings is 1. The molecule has 1 atom stereocenters. The lowest BCUT2D eigenvalue weighted by molar-refractivity contribution is -0.136. The van der Waals surface area contributed by atoms with Gasteiger partial charge in [0.1, 0.15) is 18.4 Å². The fourth-order valence-electron chi connectivity index (χ4n) is 8.85. The van der Waals surface area contributed by atoms with Gasteiger partial charge < -0.3 is 34.1 Å². The van der Waals surface area contributed by atoms with Crippen LogP contribution in [0.5, 0.6) is 5.75 Å². The zero-order chi connectivity index (χ0) is 45.3. The molecule has 4 amide bonds. The summed E-state index contributed by atoms with van der Waals surface area (Å²) in [5.74, 6) is -1.52. The quantitative estimate of drug-likeness (QED) is 0.0559. The third-order valence-electron chi connectivity index (χ3n) is 12.1. The highest BCUT2D eigenvalue weighted by molar-refractivity contribution is 6.25. The van der Waals surface area contributed by atoms with Crippen molar-refractivity contribution in [2.75, 3.05) is 69.6 Å². The summed E-state index contributed by atoms with van der Waals surface area (Å²) in [5.41, 5.74) is 7.56. The summed E-state index contributed by atoms with van der Waals surface area (Å²) in [5, 5.41) is 5.37. The van der Waals surface area contributed by atoms with E-state index in [-0.39, 0.29) is 41.7 Å². The molecule has 338 valence electrons. The van der Waals surface area contributed by atoms with Gasteiger partial charge in [-0.3, -0.25) is 39.0 Å². The van der Waals surface area contributed by atoms with Crippen molar-refractivity contribution in [3.05, 3.63) is 110 Å². The van der Waals surface area contributed by atoms with Crippen molar-refractivity contribution in [2.24, 2.45) is 0 Å². The van der Waals surface area contributed by atoms with Gasteiger partial charge in [-0.25, -0.2) is 0 Å². The lowest BCUT2D eigenvalue weighted by atomic mass is 9.92. The highest BCUT2D eigenvalue weighted by Crippen LogP contribution is 2.36. The second kappa shape index (κ2) is 21.0. The third-order valence-corrected chi connectivity index (χ3v) is 12.1. The highest BCUT2D eigenvalue weighted by atomic mass is 16.5. The van der Waals surface area contributed by atoms with Gasteiger partial charge in [-0.1, -0.05) is 18.2 Å². The first-order chi connectivity index (χ1) is 30.9. The maximum absolute atomic E-state index is 14.0. The van der Waals surface area contributed by atoms with Crippen LogP contribution >= 0.6 is 0 Å². The van der Waals surface area contributed by atoms with Crippen LogP contribution in [-0.4, -0.2) is 111 Å². The fourth-order valence-corrected chi connectivity index (χ4v) is 8.85. The summed E-state index contributed by atoms with van der Waals surface area (Å²) in [6.45, 7) is 12.2. The molecule has 15 nitrogen and oxygen atoms in total. The molecule has 0 spiro atoms. The van der Waals surface area contributed by atoms with Crippen LogP contribution in [0, 0.1) is 20.8 Å². The van der Waals surface area contributed by atoms with Crippen LogP contribution in [0.4, 0.5) is 11.4 Å². The summed E-state index contributed by atoms with van der Waals surface area (Å²) in [7, 11) is 0. The van der Waals surface area contributed by atoms with Crippen LogP contribution in [0.1, 0.15) is 92.5 Å². The molecule has 1 aromatic heterocycles. The van der Waals surface area contributed by atoms with E-state index < -0.39 is 29.7 Å². The number of fused-ring (bicyclic) bond motifs is 1. The summed E-state index contributed by atoms with van der Waals surface area (Å²) in [4.78, 5) is 83.4. The first-order valence-corrected chi connectivity index (χ1v) is 22.1. The van der Waals surface area contributed by atoms with Crippen LogP contribution in [0.3, 0.4) is 0 Å². The molecule has 1 unspecified atom stereocenters. The minimum Gasteiger partial charge on any atom is -0.491 e. The number of hydrogen-bond donors (Lipinski definition) is 3. The standard InChI is InChI=1S/C49H57N5O10/c1-5-53(35-17-20-61-21-18-35)42-29-34(28-39(32(42)4)43(55)15-13-37-30(2)27-31(3)51-46(37)57)33-9-11-36(12-10-33)64-26-25-63-24-23-62-22-19-50-40-8-6-7-38-45(40)49(60)54(48(38)59)41-14-16-44(56)52-47(41)58/h6-12,27-29,35,41,50H,5,13-26H2,1-4H3,(H,51,57)(H,52,56,58). The van der Waals surface area contributed by atoms with E-state index in [0.717, 1.165) is 57.9 Å². The molecule has 15 heteroatoms. The second-order valence-electron chi connectivity index (χ2n) is 16.4. The number of imide groups is 2. The minimum atomic E-state index is -1.03. The zero-order valence-corrected chi connectivity index (χ0v) is 37.0. The lowest BCUT2D eigenvalue weighted by Gasteiger charge is -2.37. The molecule has 4 aromatic rings. The zero-order valence-electron chi connectivity index (χ0n) is 37.0. The van der Waals surface area contributed by atoms with Crippen molar-refractivity contribution in [1.82, 2.24) is 15.2 Å². The van der Waals surface area contributed by atoms with Crippen molar-refractivity contribution >= 4 is 40.8 Å². The van der Waals surface area contributed by atoms with E-state index in [1.165, 1.54) is 0 Å². The number of nitrogens with one attached hydrogen (secondary N) is 3. The number of benzene rings is 3. The molecule has 0 saturated carbocycles. The molecule has 2 saturated heterocycles. The molecule has 0 aliphatic carbocycles. The largest absolute Gasteiger partial charge is 0.491 e. The number of aromatic amines is 1. The smallest absolute Gasteiger partial charge is 0.264 e. The number of hydrogen-bond acceptors (Lipinski definition) is 12. The number of pyridine rings is 1. The number of ether oxygens (including phenoxy) is 4. The van der Waals surface area contributed by atoms with E-state index in [1.54, 1.807) is 18.2 Å². The Kier molecular flexibility index (Phi) is 15.1. The van der Waals surface area contributed by atoms with E-state index >= 15 is 0 Å². The summed E-state index contributed by atoms with van der Waals surface area (Å²) >= 11 is 0. The Balaban J connectivity index is 0.887. The molecule has 3 aliphatic rings. The van der Waals surface area contributed by atoms with Gasteiger partial charge in [0.2, 0.25) is 11.8 Å². The molecule has 0 radical (unpaired) electrons. The Morgan fingerprint density at radius 1 is 0.859 bits per heavy atom. The predicted molar refractivity (Wildman–Crippen MR) is 241 cm³/mol. The number of nitrogens with zero attached hydrogens (tertiary/aromatic N) is 2. The lowest BCUT2D eigenvalue weighted by Crippen LogP contribution is -2.54. The number of ketones is 1. The van der Waals surface area contributed by atoms with Gasteiger partial charge in [-0.05, 0) is 118 Å². The monoisotopic (exact) mass is 875 g/mol. The normalized spacial score (nSPS) is 16.5. The van der Waals surface area contributed by atoms with Gasteiger partial charge in [0, 0.05) is 73.4 Å². The third kappa shape index (κ3) is 10.4. The molecule has 2 fully saturated rings. The van der Waals surface area contributed by atoms with Crippen molar-refractivity contribution in [3.63, 3.8) is 0 Å². The summed E-state index contributed by atoms with van der Waals surface area (Å²) < 4.78 is 23.1. The van der Waals surface area contributed by atoms with Crippen molar-refractivity contribution in [1.29, 1.82) is 0 Å². The molecule has 4 heterocycles. The number of carbonyl (C=O) groups excluding carboxylic acids is 5. The van der Waals surface area contributed by atoms with E-state index in [9.17, 15) is 28.8 Å². The molecular weight excluding hydrogens is 819 g/mol. The van der Waals surface area contributed by atoms with Gasteiger partial charge in [-0.2, -0.15) is 0 Å². The fraction of sp³-hybridized carbons (Fsp3) is 0.429. The molecule has 3 aromatic carbocycles.